The Balaban J connectivity index is 1.71. The molecule has 0 aromatic carbocycles. The molecular weight excluding hydrogens is 260 g/mol. The second-order valence-corrected chi connectivity index (χ2v) is 7.92. The third-order valence-electron chi connectivity index (χ3n) is 6.82. The molecule has 3 rings (SSSR count). The average Bonchev–Trinajstić information content (AvgIpc) is 3.18. The molecule has 0 bridgehead atoms. The minimum atomic E-state index is 0.179. The molecule has 3 fully saturated rings. The average molecular weight is 294 g/mol. The lowest BCUT2D eigenvalue weighted by Crippen LogP contribution is -2.61. The molecule has 1 spiro atoms. The number of rotatable bonds is 4. The van der Waals surface area contributed by atoms with Gasteiger partial charge in [0.15, 0.2) is 0 Å². The standard InChI is InChI=1S/C18H34N2O/c1-3-17(2,20-11-6-7-12-20)16(19)15-8-13-21-18(14-15)9-4-5-10-18/h15-16H,3-14,19H2,1-2H3. The largest absolute Gasteiger partial charge is 0.375 e. The Hall–Kier alpha value is -0.120. The van der Waals surface area contributed by atoms with Crippen LogP contribution in [0.2, 0.25) is 0 Å². The summed E-state index contributed by atoms with van der Waals surface area (Å²) in [6.45, 7) is 8.15. The zero-order chi connectivity index (χ0) is 14.9. The van der Waals surface area contributed by atoms with Gasteiger partial charge in [-0.05, 0) is 70.9 Å². The summed E-state index contributed by atoms with van der Waals surface area (Å²) in [5, 5.41) is 0. The molecule has 0 amide bonds. The summed E-state index contributed by atoms with van der Waals surface area (Å²) >= 11 is 0. The van der Waals surface area contributed by atoms with E-state index in [1.54, 1.807) is 0 Å². The Labute approximate surface area is 130 Å². The number of nitrogens with zero attached hydrogens (tertiary/aromatic N) is 1. The first-order valence-electron chi connectivity index (χ1n) is 9.24. The van der Waals surface area contributed by atoms with E-state index < -0.39 is 0 Å². The fourth-order valence-corrected chi connectivity index (χ4v) is 5.15. The summed E-state index contributed by atoms with van der Waals surface area (Å²) in [5.41, 5.74) is 7.24. The van der Waals surface area contributed by atoms with Gasteiger partial charge in [-0.15, -0.1) is 0 Å². The molecule has 2 saturated heterocycles. The summed E-state index contributed by atoms with van der Waals surface area (Å²) in [5.74, 6) is 0.641. The van der Waals surface area contributed by atoms with E-state index in [0.717, 1.165) is 13.0 Å². The van der Waals surface area contributed by atoms with E-state index >= 15 is 0 Å². The molecule has 0 aromatic heterocycles. The molecular formula is C18H34N2O. The maximum atomic E-state index is 6.87. The van der Waals surface area contributed by atoms with Crippen molar-refractivity contribution in [1.29, 1.82) is 0 Å². The second-order valence-electron chi connectivity index (χ2n) is 7.92. The lowest BCUT2D eigenvalue weighted by Gasteiger charge is -2.49. The molecule has 3 heteroatoms. The Morgan fingerprint density at radius 1 is 1.24 bits per heavy atom. The van der Waals surface area contributed by atoms with Crippen molar-refractivity contribution in [2.24, 2.45) is 11.7 Å². The third-order valence-corrected chi connectivity index (χ3v) is 6.82. The Bertz CT molecular complexity index is 347. The summed E-state index contributed by atoms with van der Waals surface area (Å²) in [6.07, 6.45) is 11.5. The lowest BCUT2D eigenvalue weighted by molar-refractivity contribution is -0.105. The molecule has 2 aliphatic heterocycles. The van der Waals surface area contributed by atoms with Gasteiger partial charge >= 0.3 is 0 Å². The Morgan fingerprint density at radius 3 is 2.52 bits per heavy atom. The number of ether oxygens (including phenoxy) is 1. The van der Waals surface area contributed by atoms with Gasteiger partial charge in [-0.25, -0.2) is 0 Å². The van der Waals surface area contributed by atoms with Gasteiger partial charge in [0.1, 0.15) is 0 Å². The highest BCUT2D eigenvalue weighted by Crippen LogP contribution is 2.44. The number of hydrogen-bond acceptors (Lipinski definition) is 3. The van der Waals surface area contributed by atoms with E-state index in [-0.39, 0.29) is 11.1 Å². The molecule has 3 nitrogen and oxygen atoms in total. The molecule has 3 atom stereocenters. The van der Waals surface area contributed by atoms with Crippen molar-refractivity contribution in [2.75, 3.05) is 19.7 Å². The fraction of sp³-hybridized carbons (Fsp3) is 1.00. The predicted octanol–water partition coefficient (Wildman–Crippen LogP) is 3.32. The lowest BCUT2D eigenvalue weighted by atomic mass is 9.73. The van der Waals surface area contributed by atoms with Crippen molar-refractivity contribution in [1.82, 2.24) is 4.90 Å². The van der Waals surface area contributed by atoms with Gasteiger partial charge in [0.05, 0.1) is 5.60 Å². The predicted molar refractivity (Wildman–Crippen MR) is 87.4 cm³/mol. The monoisotopic (exact) mass is 294 g/mol. The third kappa shape index (κ3) is 2.89. The van der Waals surface area contributed by atoms with Crippen LogP contribution in [-0.2, 0) is 4.74 Å². The van der Waals surface area contributed by atoms with Crippen LogP contribution < -0.4 is 5.73 Å². The minimum Gasteiger partial charge on any atom is -0.375 e. The molecule has 21 heavy (non-hydrogen) atoms. The Morgan fingerprint density at radius 2 is 1.90 bits per heavy atom. The van der Waals surface area contributed by atoms with Crippen molar-refractivity contribution in [3.8, 4) is 0 Å². The van der Waals surface area contributed by atoms with Crippen LogP contribution in [0.4, 0.5) is 0 Å². The van der Waals surface area contributed by atoms with Crippen molar-refractivity contribution in [2.45, 2.75) is 88.8 Å². The molecule has 1 saturated carbocycles. The van der Waals surface area contributed by atoms with Crippen LogP contribution >= 0.6 is 0 Å². The first-order chi connectivity index (χ1) is 10.1. The summed E-state index contributed by atoms with van der Waals surface area (Å²) in [4.78, 5) is 2.68. The van der Waals surface area contributed by atoms with Crippen molar-refractivity contribution in [3.63, 3.8) is 0 Å². The van der Waals surface area contributed by atoms with Crippen molar-refractivity contribution in [3.05, 3.63) is 0 Å². The SMILES string of the molecule is CCC(C)(C(N)C1CCOC2(CCCC2)C1)N1CCCC1. The van der Waals surface area contributed by atoms with Gasteiger partial charge in [-0.1, -0.05) is 19.8 Å². The molecule has 2 N–H and O–H groups in total. The van der Waals surface area contributed by atoms with Gasteiger partial charge < -0.3 is 10.5 Å². The van der Waals surface area contributed by atoms with Gasteiger partial charge in [0.25, 0.3) is 0 Å². The molecule has 122 valence electrons. The minimum absolute atomic E-state index is 0.179. The van der Waals surface area contributed by atoms with E-state index in [4.69, 9.17) is 10.5 Å². The smallest absolute Gasteiger partial charge is 0.0685 e. The summed E-state index contributed by atoms with van der Waals surface area (Å²) < 4.78 is 6.21. The van der Waals surface area contributed by atoms with Crippen LogP contribution in [0, 0.1) is 5.92 Å². The first-order valence-corrected chi connectivity index (χ1v) is 9.24. The zero-order valence-corrected chi connectivity index (χ0v) is 14.1. The highest BCUT2D eigenvalue weighted by Gasteiger charge is 2.47. The van der Waals surface area contributed by atoms with E-state index in [1.165, 1.54) is 64.5 Å². The molecule has 0 radical (unpaired) electrons. The second kappa shape index (κ2) is 6.17. The van der Waals surface area contributed by atoms with Crippen molar-refractivity contribution < 1.29 is 4.74 Å². The normalized spacial score (nSPS) is 34.1. The molecule has 3 aliphatic rings. The van der Waals surface area contributed by atoms with Crippen molar-refractivity contribution >= 4 is 0 Å². The quantitative estimate of drug-likeness (QED) is 0.864. The topological polar surface area (TPSA) is 38.5 Å². The van der Waals surface area contributed by atoms with Crippen LogP contribution in [0.1, 0.15) is 71.6 Å². The van der Waals surface area contributed by atoms with Gasteiger partial charge in [-0.3, -0.25) is 4.90 Å². The molecule has 2 heterocycles. The summed E-state index contributed by atoms with van der Waals surface area (Å²) in [7, 11) is 0. The Kier molecular flexibility index (Phi) is 4.63. The van der Waals surface area contributed by atoms with Crippen LogP contribution in [0.15, 0.2) is 0 Å². The van der Waals surface area contributed by atoms with Crippen LogP contribution in [-0.4, -0.2) is 41.8 Å². The van der Waals surface area contributed by atoms with E-state index in [1.807, 2.05) is 0 Å². The maximum Gasteiger partial charge on any atom is 0.0685 e. The van der Waals surface area contributed by atoms with Crippen LogP contribution in [0.3, 0.4) is 0 Å². The molecule has 3 unspecified atom stereocenters. The van der Waals surface area contributed by atoms with Crippen LogP contribution in [0.25, 0.3) is 0 Å². The van der Waals surface area contributed by atoms with Gasteiger partial charge in [0, 0.05) is 18.2 Å². The van der Waals surface area contributed by atoms with Gasteiger partial charge in [-0.2, -0.15) is 0 Å². The molecule has 1 aliphatic carbocycles. The zero-order valence-electron chi connectivity index (χ0n) is 14.1. The van der Waals surface area contributed by atoms with E-state index in [0.29, 0.717) is 12.0 Å². The highest BCUT2D eigenvalue weighted by atomic mass is 16.5. The first kappa shape index (κ1) is 15.8. The van der Waals surface area contributed by atoms with Gasteiger partial charge in [0.2, 0.25) is 0 Å². The highest BCUT2D eigenvalue weighted by molar-refractivity contribution is 5.03. The number of nitrogens with two attached hydrogens (primary N) is 1. The maximum absolute atomic E-state index is 6.87. The van der Waals surface area contributed by atoms with E-state index in [9.17, 15) is 0 Å². The summed E-state index contributed by atoms with van der Waals surface area (Å²) in [6, 6.07) is 0.293. The fourth-order valence-electron chi connectivity index (χ4n) is 5.15. The van der Waals surface area contributed by atoms with Crippen LogP contribution in [0.5, 0.6) is 0 Å². The molecule has 0 aromatic rings. The number of likely N-dealkylation sites (tertiary alicyclic amines) is 1. The number of hydrogen-bond donors (Lipinski definition) is 1. The van der Waals surface area contributed by atoms with E-state index in [2.05, 4.69) is 18.7 Å².